The summed E-state index contributed by atoms with van der Waals surface area (Å²) in [5.41, 5.74) is 1.74. The summed E-state index contributed by atoms with van der Waals surface area (Å²) >= 11 is 0. The third kappa shape index (κ3) is 2.27. The van der Waals surface area contributed by atoms with Crippen molar-refractivity contribution in [2.24, 2.45) is 5.41 Å². The van der Waals surface area contributed by atoms with Gasteiger partial charge in [-0.15, -0.1) is 0 Å². The van der Waals surface area contributed by atoms with Gasteiger partial charge in [-0.3, -0.25) is 4.90 Å². The molecule has 20 heavy (non-hydrogen) atoms. The minimum absolute atomic E-state index is 0.350. The molecule has 4 heteroatoms. The summed E-state index contributed by atoms with van der Waals surface area (Å²) in [6.07, 6.45) is 3.84. The van der Waals surface area contributed by atoms with E-state index in [1.807, 2.05) is 6.07 Å². The maximum atomic E-state index is 5.63. The zero-order chi connectivity index (χ0) is 13.4. The highest BCUT2D eigenvalue weighted by Crippen LogP contribution is 2.38. The smallest absolute Gasteiger partial charge is 0.231 e. The Hall–Kier alpha value is -1.26. The van der Waals surface area contributed by atoms with Gasteiger partial charge in [0.15, 0.2) is 11.5 Å². The molecule has 0 unspecified atom stereocenters. The fraction of sp³-hybridized carbons (Fsp3) is 0.625. The molecular formula is C16H21NO3. The molecular weight excluding hydrogens is 254 g/mol. The van der Waals surface area contributed by atoms with Crippen LogP contribution in [0.25, 0.3) is 0 Å². The zero-order valence-electron chi connectivity index (χ0n) is 11.8. The summed E-state index contributed by atoms with van der Waals surface area (Å²) in [6, 6.07) is 6.30. The Labute approximate surface area is 119 Å². The predicted molar refractivity (Wildman–Crippen MR) is 74.9 cm³/mol. The summed E-state index contributed by atoms with van der Waals surface area (Å²) in [5, 5.41) is 0. The number of likely N-dealkylation sites (tertiary alicyclic amines) is 1. The van der Waals surface area contributed by atoms with E-state index in [4.69, 9.17) is 14.2 Å². The molecule has 3 aliphatic rings. The van der Waals surface area contributed by atoms with Gasteiger partial charge < -0.3 is 14.2 Å². The Morgan fingerprint density at radius 2 is 2.10 bits per heavy atom. The first kappa shape index (κ1) is 12.5. The Bertz CT molecular complexity index is 496. The number of rotatable bonds is 2. The van der Waals surface area contributed by atoms with Crippen molar-refractivity contribution in [3.63, 3.8) is 0 Å². The van der Waals surface area contributed by atoms with Crippen LogP contribution in [-0.2, 0) is 11.3 Å². The van der Waals surface area contributed by atoms with Crippen LogP contribution in [0.5, 0.6) is 11.5 Å². The van der Waals surface area contributed by atoms with E-state index in [2.05, 4.69) is 17.0 Å². The molecule has 0 aromatic heterocycles. The summed E-state index contributed by atoms with van der Waals surface area (Å²) in [7, 11) is 0. The molecule has 0 amide bonds. The van der Waals surface area contributed by atoms with Gasteiger partial charge in [0.25, 0.3) is 0 Å². The lowest BCUT2D eigenvalue weighted by Crippen LogP contribution is -2.43. The van der Waals surface area contributed by atoms with Crippen LogP contribution in [0.3, 0.4) is 0 Å². The van der Waals surface area contributed by atoms with Crippen LogP contribution >= 0.6 is 0 Å². The number of ether oxygens (including phenoxy) is 3. The number of nitrogens with zero attached hydrogens (tertiary/aromatic N) is 1. The van der Waals surface area contributed by atoms with Crippen molar-refractivity contribution in [3.05, 3.63) is 23.8 Å². The second kappa shape index (κ2) is 4.93. The van der Waals surface area contributed by atoms with E-state index in [0.29, 0.717) is 12.2 Å². The molecule has 0 aliphatic carbocycles. The van der Waals surface area contributed by atoms with Crippen LogP contribution in [0.2, 0.25) is 0 Å². The topological polar surface area (TPSA) is 30.9 Å². The molecule has 0 radical (unpaired) electrons. The molecule has 2 fully saturated rings. The predicted octanol–water partition coefficient (Wildman–Crippen LogP) is 2.42. The van der Waals surface area contributed by atoms with Gasteiger partial charge in [-0.2, -0.15) is 0 Å². The van der Waals surface area contributed by atoms with Crippen molar-refractivity contribution in [2.75, 3.05) is 33.1 Å². The first-order valence-corrected chi connectivity index (χ1v) is 7.52. The maximum absolute atomic E-state index is 5.63. The van der Waals surface area contributed by atoms with Crippen LogP contribution in [0.15, 0.2) is 18.2 Å². The third-order valence-corrected chi connectivity index (χ3v) is 4.77. The number of piperidine rings is 1. The van der Waals surface area contributed by atoms with E-state index in [1.165, 1.54) is 37.9 Å². The molecule has 3 heterocycles. The summed E-state index contributed by atoms with van der Waals surface area (Å²) in [6.45, 7) is 5.60. The largest absolute Gasteiger partial charge is 0.454 e. The molecule has 3 aliphatic heterocycles. The monoisotopic (exact) mass is 275 g/mol. The van der Waals surface area contributed by atoms with Gasteiger partial charge in [0.05, 0.1) is 6.61 Å². The van der Waals surface area contributed by atoms with Crippen LogP contribution in [-0.4, -0.2) is 38.0 Å². The van der Waals surface area contributed by atoms with E-state index in [9.17, 15) is 0 Å². The van der Waals surface area contributed by atoms with E-state index in [1.54, 1.807) is 0 Å². The number of hydrogen-bond donors (Lipinski definition) is 0. The Morgan fingerprint density at radius 3 is 3.00 bits per heavy atom. The van der Waals surface area contributed by atoms with Crippen LogP contribution in [0.1, 0.15) is 24.8 Å². The highest BCUT2D eigenvalue weighted by atomic mass is 16.7. The Balaban J connectivity index is 1.46. The van der Waals surface area contributed by atoms with Crippen molar-refractivity contribution in [2.45, 2.75) is 25.8 Å². The van der Waals surface area contributed by atoms with Crippen molar-refractivity contribution in [3.8, 4) is 11.5 Å². The van der Waals surface area contributed by atoms with Gasteiger partial charge in [0.2, 0.25) is 6.79 Å². The average molecular weight is 275 g/mol. The fourth-order valence-electron chi connectivity index (χ4n) is 3.71. The lowest BCUT2D eigenvalue weighted by Gasteiger charge is -2.39. The quantitative estimate of drug-likeness (QED) is 0.829. The van der Waals surface area contributed by atoms with E-state index < -0.39 is 0 Å². The first-order chi connectivity index (χ1) is 9.83. The van der Waals surface area contributed by atoms with Crippen molar-refractivity contribution in [1.29, 1.82) is 0 Å². The van der Waals surface area contributed by atoms with E-state index >= 15 is 0 Å². The van der Waals surface area contributed by atoms with Crippen LogP contribution < -0.4 is 9.47 Å². The highest BCUT2D eigenvalue weighted by molar-refractivity contribution is 5.44. The minimum atomic E-state index is 0.350. The molecule has 4 rings (SSSR count). The molecule has 0 saturated carbocycles. The molecule has 1 aromatic carbocycles. The molecule has 0 N–H and O–H groups in total. The first-order valence-electron chi connectivity index (χ1n) is 7.52. The molecule has 4 nitrogen and oxygen atoms in total. The summed E-state index contributed by atoms with van der Waals surface area (Å²) < 4.78 is 16.5. The highest BCUT2D eigenvalue weighted by Gasteiger charge is 2.38. The lowest BCUT2D eigenvalue weighted by molar-refractivity contribution is 0.0645. The zero-order valence-corrected chi connectivity index (χ0v) is 11.8. The van der Waals surface area contributed by atoms with E-state index in [-0.39, 0.29) is 0 Å². The molecule has 1 atom stereocenters. The Morgan fingerprint density at radius 1 is 1.15 bits per heavy atom. The Kier molecular flexibility index (Phi) is 3.08. The van der Waals surface area contributed by atoms with Crippen molar-refractivity contribution < 1.29 is 14.2 Å². The SMILES string of the molecule is c1cc2c(cc1CN1CCC[C@@]3(CCOC3)C1)OCO2. The maximum Gasteiger partial charge on any atom is 0.231 e. The molecule has 0 bridgehead atoms. The van der Waals surface area contributed by atoms with E-state index in [0.717, 1.165) is 31.3 Å². The third-order valence-electron chi connectivity index (χ3n) is 4.77. The second-order valence-corrected chi connectivity index (χ2v) is 6.30. The van der Waals surface area contributed by atoms with Gasteiger partial charge in [-0.05, 0) is 43.5 Å². The van der Waals surface area contributed by atoms with Crippen molar-refractivity contribution in [1.82, 2.24) is 4.90 Å². The van der Waals surface area contributed by atoms with Gasteiger partial charge in [0, 0.05) is 25.1 Å². The van der Waals surface area contributed by atoms with Gasteiger partial charge >= 0.3 is 0 Å². The molecule has 108 valence electrons. The van der Waals surface area contributed by atoms with Gasteiger partial charge in [0.1, 0.15) is 0 Å². The lowest BCUT2D eigenvalue weighted by atomic mass is 9.79. The standard InChI is InChI=1S/C16H21NO3/c1-4-16(5-7-18-11-16)10-17(6-1)9-13-2-3-14-15(8-13)20-12-19-14/h2-3,8H,1,4-7,9-12H2/t16-/m1/s1. The second-order valence-electron chi connectivity index (χ2n) is 6.30. The van der Waals surface area contributed by atoms with Gasteiger partial charge in [-0.25, -0.2) is 0 Å². The molecule has 1 spiro atoms. The fourth-order valence-corrected chi connectivity index (χ4v) is 3.71. The molecule has 2 saturated heterocycles. The summed E-state index contributed by atoms with van der Waals surface area (Å²) in [4.78, 5) is 2.57. The minimum Gasteiger partial charge on any atom is -0.454 e. The number of benzene rings is 1. The van der Waals surface area contributed by atoms with Gasteiger partial charge in [-0.1, -0.05) is 6.07 Å². The number of hydrogen-bond acceptors (Lipinski definition) is 4. The van der Waals surface area contributed by atoms with Crippen LogP contribution in [0.4, 0.5) is 0 Å². The van der Waals surface area contributed by atoms with Crippen LogP contribution in [0, 0.1) is 5.41 Å². The molecule has 1 aromatic rings. The summed E-state index contributed by atoms with van der Waals surface area (Å²) in [5.74, 6) is 1.76. The normalized spacial score (nSPS) is 29.2. The number of fused-ring (bicyclic) bond motifs is 1. The average Bonchev–Trinajstić information content (AvgIpc) is 3.08. The van der Waals surface area contributed by atoms with Crippen molar-refractivity contribution >= 4 is 0 Å².